The van der Waals surface area contributed by atoms with Crippen molar-refractivity contribution in [3.05, 3.63) is 51.1 Å². The van der Waals surface area contributed by atoms with Crippen LogP contribution in [0, 0.1) is 0 Å². The standard InChI is InChI=1S/C19H20N4O3S/c1-2-26-19(25)22-21-18-20-16-15(13-10-6-7-11-14(13)27-16)17(24)23(18)12-8-4-3-5-9-12/h3-5,8-9H,2,6-7,10-11H2,1H3,(H,20,21)(H,22,25). The molecule has 0 atom stereocenters. The van der Waals surface area contributed by atoms with Crippen LogP contribution in [0.5, 0.6) is 0 Å². The first-order valence-corrected chi connectivity index (χ1v) is 9.82. The Kier molecular flexibility index (Phi) is 4.81. The largest absolute Gasteiger partial charge is 0.449 e. The van der Waals surface area contributed by atoms with Gasteiger partial charge in [0.2, 0.25) is 5.95 Å². The van der Waals surface area contributed by atoms with Crippen LogP contribution < -0.4 is 16.4 Å². The molecule has 0 bridgehead atoms. The fourth-order valence-corrected chi connectivity index (χ4v) is 4.63. The van der Waals surface area contributed by atoms with Crippen molar-refractivity contribution in [3.63, 3.8) is 0 Å². The molecule has 0 saturated heterocycles. The number of benzene rings is 1. The van der Waals surface area contributed by atoms with Gasteiger partial charge >= 0.3 is 6.09 Å². The van der Waals surface area contributed by atoms with E-state index in [1.165, 1.54) is 9.44 Å². The number of hydrogen-bond acceptors (Lipinski definition) is 6. The summed E-state index contributed by atoms with van der Waals surface area (Å²) in [7, 11) is 0. The third-order valence-corrected chi connectivity index (χ3v) is 5.74. The molecule has 2 N–H and O–H groups in total. The van der Waals surface area contributed by atoms with Crippen molar-refractivity contribution in [2.75, 3.05) is 12.0 Å². The number of carbonyl (C=O) groups excluding carboxylic acids is 1. The molecule has 3 aromatic rings. The van der Waals surface area contributed by atoms with E-state index in [-0.39, 0.29) is 18.1 Å². The summed E-state index contributed by atoms with van der Waals surface area (Å²) in [6.07, 6.45) is 3.51. The van der Waals surface area contributed by atoms with Gasteiger partial charge in [-0.1, -0.05) is 18.2 Å². The van der Waals surface area contributed by atoms with Crippen molar-refractivity contribution < 1.29 is 9.53 Å². The van der Waals surface area contributed by atoms with Gasteiger partial charge in [-0.3, -0.25) is 10.2 Å². The lowest BCUT2D eigenvalue weighted by atomic mass is 9.97. The van der Waals surface area contributed by atoms with E-state index in [4.69, 9.17) is 4.74 Å². The normalized spacial score (nSPS) is 13.2. The number of thiophene rings is 1. The Morgan fingerprint density at radius 2 is 2.04 bits per heavy atom. The predicted octanol–water partition coefficient (Wildman–Crippen LogP) is 3.40. The lowest BCUT2D eigenvalue weighted by Gasteiger charge is -2.15. The van der Waals surface area contributed by atoms with Crippen molar-refractivity contribution in [2.24, 2.45) is 0 Å². The summed E-state index contributed by atoms with van der Waals surface area (Å²) < 4.78 is 6.36. The summed E-state index contributed by atoms with van der Waals surface area (Å²) in [4.78, 5) is 31.7. The van der Waals surface area contributed by atoms with E-state index in [1.54, 1.807) is 18.3 Å². The van der Waals surface area contributed by atoms with E-state index in [2.05, 4.69) is 15.8 Å². The molecule has 0 fully saturated rings. The first kappa shape index (κ1) is 17.5. The van der Waals surface area contributed by atoms with Gasteiger partial charge in [0.1, 0.15) is 4.83 Å². The lowest BCUT2D eigenvalue weighted by molar-refractivity contribution is 0.154. The highest BCUT2D eigenvalue weighted by molar-refractivity contribution is 7.18. The Morgan fingerprint density at radius 1 is 1.26 bits per heavy atom. The van der Waals surface area contributed by atoms with Crippen LogP contribution in [0.1, 0.15) is 30.2 Å². The van der Waals surface area contributed by atoms with Crippen LogP contribution >= 0.6 is 11.3 Å². The minimum atomic E-state index is -0.628. The number of para-hydroxylation sites is 1. The first-order valence-electron chi connectivity index (χ1n) is 9.00. The summed E-state index contributed by atoms with van der Waals surface area (Å²) in [5.41, 5.74) is 6.87. The van der Waals surface area contributed by atoms with E-state index < -0.39 is 6.09 Å². The second kappa shape index (κ2) is 7.40. The molecule has 1 aliphatic rings. The summed E-state index contributed by atoms with van der Waals surface area (Å²) in [5.74, 6) is 0.255. The number of nitrogens with one attached hydrogen (secondary N) is 2. The number of nitrogens with zero attached hydrogens (tertiary/aromatic N) is 2. The monoisotopic (exact) mass is 384 g/mol. The number of aryl methyl sites for hydroxylation is 2. The molecule has 0 radical (unpaired) electrons. The maximum absolute atomic E-state index is 13.4. The summed E-state index contributed by atoms with van der Waals surface area (Å²) in [6, 6.07) is 9.28. The Morgan fingerprint density at radius 3 is 2.81 bits per heavy atom. The van der Waals surface area contributed by atoms with Crippen LogP contribution in [0.2, 0.25) is 0 Å². The Bertz CT molecular complexity index is 1040. The van der Waals surface area contributed by atoms with Gasteiger partial charge in [-0.25, -0.2) is 19.8 Å². The highest BCUT2D eigenvalue weighted by Crippen LogP contribution is 2.34. The van der Waals surface area contributed by atoms with E-state index in [1.807, 2.05) is 30.3 Å². The highest BCUT2D eigenvalue weighted by Gasteiger charge is 2.22. The highest BCUT2D eigenvalue weighted by atomic mass is 32.1. The number of hydrogen-bond donors (Lipinski definition) is 2. The number of aromatic nitrogens is 2. The Balaban J connectivity index is 1.87. The lowest BCUT2D eigenvalue weighted by Crippen LogP contribution is -2.34. The molecule has 8 heteroatoms. The van der Waals surface area contributed by atoms with E-state index in [0.717, 1.165) is 31.2 Å². The number of hydrazine groups is 1. The van der Waals surface area contributed by atoms with Gasteiger partial charge in [-0.15, -0.1) is 11.3 Å². The fraction of sp³-hybridized carbons (Fsp3) is 0.316. The average Bonchev–Trinajstić information content (AvgIpc) is 3.06. The van der Waals surface area contributed by atoms with Crippen molar-refractivity contribution in [1.82, 2.24) is 15.0 Å². The third-order valence-electron chi connectivity index (χ3n) is 4.56. The third kappa shape index (κ3) is 3.28. The molecule has 4 rings (SSSR count). The number of rotatable bonds is 4. The molecule has 7 nitrogen and oxygen atoms in total. The van der Waals surface area contributed by atoms with E-state index >= 15 is 0 Å². The summed E-state index contributed by atoms with van der Waals surface area (Å²) >= 11 is 1.57. The van der Waals surface area contributed by atoms with Crippen LogP contribution in [0.25, 0.3) is 15.9 Å². The zero-order valence-electron chi connectivity index (χ0n) is 14.9. The predicted molar refractivity (Wildman–Crippen MR) is 106 cm³/mol. The number of ether oxygens (including phenoxy) is 1. The molecule has 1 amide bonds. The zero-order valence-corrected chi connectivity index (χ0v) is 15.8. The first-order chi connectivity index (χ1) is 13.2. The van der Waals surface area contributed by atoms with Gasteiger partial charge in [-0.2, -0.15) is 0 Å². The molecular weight excluding hydrogens is 364 g/mol. The van der Waals surface area contributed by atoms with Crippen molar-refractivity contribution in [1.29, 1.82) is 0 Å². The molecule has 2 heterocycles. The van der Waals surface area contributed by atoms with E-state index in [9.17, 15) is 9.59 Å². The number of amides is 1. The second-order valence-electron chi connectivity index (χ2n) is 6.27. The van der Waals surface area contributed by atoms with Crippen LogP contribution in [0.15, 0.2) is 35.1 Å². The SMILES string of the molecule is CCOC(=O)NNc1nc2sc3c(c2c(=O)n1-c1ccccc1)CCCC3. The van der Waals surface area contributed by atoms with Gasteiger partial charge in [-0.05, 0) is 50.3 Å². The van der Waals surface area contributed by atoms with Crippen LogP contribution in [0.3, 0.4) is 0 Å². The molecule has 0 spiro atoms. The zero-order chi connectivity index (χ0) is 18.8. The van der Waals surface area contributed by atoms with Gasteiger partial charge in [0.05, 0.1) is 17.7 Å². The second-order valence-corrected chi connectivity index (χ2v) is 7.36. The number of anilines is 1. The molecule has 2 aromatic heterocycles. The minimum absolute atomic E-state index is 0.126. The smallest absolute Gasteiger partial charge is 0.426 e. The van der Waals surface area contributed by atoms with Crippen LogP contribution in [-0.2, 0) is 17.6 Å². The van der Waals surface area contributed by atoms with Crippen LogP contribution in [-0.4, -0.2) is 22.3 Å². The topological polar surface area (TPSA) is 85.2 Å². The molecule has 1 aromatic carbocycles. The maximum atomic E-state index is 13.4. The van der Waals surface area contributed by atoms with Crippen LogP contribution in [0.4, 0.5) is 10.7 Å². The minimum Gasteiger partial charge on any atom is -0.449 e. The molecular formula is C19H20N4O3S. The fourth-order valence-electron chi connectivity index (χ4n) is 3.38. The number of fused-ring (bicyclic) bond motifs is 3. The van der Waals surface area contributed by atoms with Crippen molar-refractivity contribution >= 4 is 33.6 Å². The quantitative estimate of drug-likeness (QED) is 0.674. The molecule has 140 valence electrons. The Hall–Kier alpha value is -2.87. The molecule has 1 aliphatic carbocycles. The Labute approximate surface area is 160 Å². The molecule has 0 saturated carbocycles. The van der Waals surface area contributed by atoms with Gasteiger partial charge in [0.25, 0.3) is 5.56 Å². The number of carbonyl (C=O) groups is 1. The van der Waals surface area contributed by atoms with Gasteiger partial charge in [0, 0.05) is 4.88 Å². The summed E-state index contributed by atoms with van der Waals surface area (Å²) in [6.45, 7) is 1.98. The summed E-state index contributed by atoms with van der Waals surface area (Å²) in [5, 5.41) is 0.695. The molecule has 0 aliphatic heterocycles. The van der Waals surface area contributed by atoms with Crippen molar-refractivity contribution in [2.45, 2.75) is 32.6 Å². The maximum Gasteiger partial charge on any atom is 0.426 e. The van der Waals surface area contributed by atoms with Crippen molar-refractivity contribution in [3.8, 4) is 5.69 Å². The molecule has 27 heavy (non-hydrogen) atoms. The van der Waals surface area contributed by atoms with Gasteiger partial charge < -0.3 is 4.74 Å². The van der Waals surface area contributed by atoms with Gasteiger partial charge in [0.15, 0.2) is 0 Å². The molecule has 0 unspecified atom stereocenters. The van der Waals surface area contributed by atoms with E-state index in [0.29, 0.717) is 15.9 Å². The average molecular weight is 384 g/mol.